The molecule has 1 aromatic heterocycles. The van der Waals surface area contributed by atoms with Crippen LogP contribution in [0.25, 0.3) is 10.9 Å². The van der Waals surface area contributed by atoms with Crippen molar-refractivity contribution in [3.05, 3.63) is 78.0 Å². The van der Waals surface area contributed by atoms with E-state index in [1.54, 1.807) is 0 Å². The quantitative estimate of drug-likeness (QED) is 0.731. The molecule has 1 unspecified atom stereocenters. The molecule has 108 valence electrons. The van der Waals surface area contributed by atoms with Gasteiger partial charge in [0.25, 0.3) is 0 Å². The van der Waals surface area contributed by atoms with Gasteiger partial charge < -0.3 is 4.84 Å². The molecule has 0 fully saturated rings. The predicted octanol–water partition coefficient (Wildman–Crippen LogP) is 3.97. The van der Waals surface area contributed by atoms with Crippen molar-refractivity contribution in [1.82, 2.24) is 4.98 Å². The van der Waals surface area contributed by atoms with Crippen LogP contribution in [-0.2, 0) is 11.3 Å². The number of fused-ring (bicyclic) bond motifs is 1. The van der Waals surface area contributed by atoms with Crippen molar-refractivity contribution in [2.75, 3.05) is 0 Å². The summed E-state index contributed by atoms with van der Waals surface area (Å²) in [5.41, 5.74) is 4.12. The molecule has 0 aliphatic carbocycles. The zero-order valence-corrected chi connectivity index (χ0v) is 12.1. The van der Waals surface area contributed by atoms with Gasteiger partial charge in [-0.2, -0.15) is 0 Å². The highest BCUT2D eigenvalue weighted by atomic mass is 16.6. The molecule has 1 aliphatic rings. The Kier molecular flexibility index (Phi) is 3.31. The van der Waals surface area contributed by atoms with E-state index in [1.165, 1.54) is 5.56 Å². The molecule has 0 saturated carbocycles. The van der Waals surface area contributed by atoms with Gasteiger partial charge in [0.2, 0.25) is 0 Å². The van der Waals surface area contributed by atoms with Crippen LogP contribution in [0.5, 0.6) is 0 Å². The molecule has 3 heteroatoms. The molecular weight excluding hydrogens is 272 g/mol. The lowest BCUT2D eigenvalue weighted by atomic mass is 10.0. The molecular formula is C19H16N2O. The third kappa shape index (κ3) is 2.58. The highest BCUT2D eigenvalue weighted by Gasteiger charge is 2.23. The number of aromatic nitrogens is 1. The highest BCUT2D eigenvalue weighted by molar-refractivity contribution is 6.01. The van der Waals surface area contributed by atoms with Crippen molar-refractivity contribution < 1.29 is 4.84 Å². The minimum atomic E-state index is 0.102. The van der Waals surface area contributed by atoms with Crippen molar-refractivity contribution in [2.24, 2.45) is 5.16 Å². The van der Waals surface area contributed by atoms with Gasteiger partial charge in [-0.25, -0.2) is 4.98 Å². The first-order chi connectivity index (χ1) is 10.9. The fraction of sp³-hybridized carbons (Fsp3) is 0.158. The van der Waals surface area contributed by atoms with E-state index in [0.29, 0.717) is 0 Å². The first kappa shape index (κ1) is 13.0. The lowest BCUT2D eigenvalue weighted by molar-refractivity contribution is 0.0859. The second-order valence-electron chi connectivity index (χ2n) is 5.55. The first-order valence-electron chi connectivity index (χ1n) is 7.51. The van der Waals surface area contributed by atoms with E-state index < -0.39 is 0 Å². The normalized spacial score (nSPS) is 17.3. The second-order valence-corrected chi connectivity index (χ2v) is 5.55. The monoisotopic (exact) mass is 288 g/mol. The van der Waals surface area contributed by atoms with Gasteiger partial charge in [-0.1, -0.05) is 59.8 Å². The van der Waals surface area contributed by atoms with Gasteiger partial charge in [0.15, 0.2) is 0 Å². The smallest absolute Gasteiger partial charge is 0.137 e. The van der Waals surface area contributed by atoms with Crippen LogP contribution in [0.15, 0.2) is 71.9 Å². The molecule has 2 aromatic carbocycles. The maximum absolute atomic E-state index is 5.58. The van der Waals surface area contributed by atoms with Crippen molar-refractivity contribution in [3.63, 3.8) is 0 Å². The van der Waals surface area contributed by atoms with E-state index in [4.69, 9.17) is 4.84 Å². The number of nitrogens with zero attached hydrogens (tertiary/aromatic N) is 2. The van der Waals surface area contributed by atoms with Crippen molar-refractivity contribution in [3.8, 4) is 0 Å². The summed E-state index contributed by atoms with van der Waals surface area (Å²) in [5, 5.41) is 5.39. The van der Waals surface area contributed by atoms with Crippen LogP contribution in [0.1, 0.15) is 17.7 Å². The minimum absolute atomic E-state index is 0.102. The highest BCUT2D eigenvalue weighted by Crippen LogP contribution is 2.21. The Morgan fingerprint density at radius 3 is 2.64 bits per heavy atom. The topological polar surface area (TPSA) is 34.5 Å². The summed E-state index contributed by atoms with van der Waals surface area (Å²) in [4.78, 5) is 10.3. The van der Waals surface area contributed by atoms with Gasteiger partial charge >= 0.3 is 0 Å². The number of benzene rings is 2. The molecule has 0 amide bonds. The lowest BCUT2D eigenvalue weighted by Gasteiger charge is -2.07. The molecule has 1 aliphatic heterocycles. The van der Waals surface area contributed by atoms with Crippen molar-refractivity contribution in [2.45, 2.75) is 18.9 Å². The average Bonchev–Trinajstić information content (AvgIpc) is 3.04. The summed E-state index contributed by atoms with van der Waals surface area (Å²) in [7, 11) is 0. The molecule has 0 spiro atoms. The molecule has 22 heavy (non-hydrogen) atoms. The Morgan fingerprint density at radius 2 is 1.73 bits per heavy atom. The second kappa shape index (κ2) is 5.60. The maximum Gasteiger partial charge on any atom is 0.137 e. The molecule has 3 aromatic rings. The van der Waals surface area contributed by atoms with E-state index in [0.717, 1.165) is 35.2 Å². The Labute approximate surface area is 129 Å². The minimum Gasteiger partial charge on any atom is -0.391 e. The SMILES string of the molecule is c1ccc(CC2CC(c3ccc4ccccc4n3)=NO2)cc1. The molecule has 0 N–H and O–H groups in total. The fourth-order valence-electron chi connectivity index (χ4n) is 2.79. The van der Waals surface area contributed by atoms with E-state index in [9.17, 15) is 0 Å². The third-order valence-corrected chi connectivity index (χ3v) is 3.93. The van der Waals surface area contributed by atoms with E-state index >= 15 is 0 Å². The summed E-state index contributed by atoms with van der Waals surface area (Å²) in [6.45, 7) is 0. The summed E-state index contributed by atoms with van der Waals surface area (Å²) < 4.78 is 0. The number of rotatable bonds is 3. The van der Waals surface area contributed by atoms with Crippen LogP contribution in [0, 0.1) is 0 Å². The van der Waals surface area contributed by atoms with Gasteiger partial charge in [-0.3, -0.25) is 0 Å². The lowest BCUT2D eigenvalue weighted by Crippen LogP contribution is -2.12. The number of pyridine rings is 1. The Bertz CT molecular complexity index is 827. The summed E-state index contributed by atoms with van der Waals surface area (Å²) in [6, 6.07) is 22.6. The van der Waals surface area contributed by atoms with E-state index in [-0.39, 0.29) is 6.10 Å². The van der Waals surface area contributed by atoms with Crippen molar-refractivity contribution >= 4 is 16.6 Å². The van der Waals surface area contributed by atoms with Crippen LogP contribution >= 0.6 is 0 Å². The molecule has 0 radical (unpaired) electrons. The summed E-state index contributed by atoms with van der Waals surface area (Å²) in [5.74, 6) is 0. The van der Waals surface area contributed by atoms with Crippen LogP contribution in [-0.4, -0.2) is 16.8 Å². The van der Waals surface area contributed by atoms with Crippen LogP contribution in [0.3, 0.4) is 0 Å². The Morgan fingerprint density at radius 1 is 0.909 bits per heavy atom. The maximum atomic E-state index is 5.58. The molecule has 0 saturated heterocycles. The number of hydrogen-bond donors (Lipinski definition) is 0. The largest absolute Gasteiger partial charge is 0.391 e. The fourth-order valence-corrected chi connectivity index (χ4v) is 2.79. The third-order valence-electron chi connectivity index (χ3n) is 3.93. The van der Waals surface area contributed by atoms with Gasteiger partial charge in [0, 0.05) is 18.2 Å². The summed E-state index contributed by atoms with van der Waals surface area (Å²) in [6.07, 6.45) is 1.78. The predicted molar refractivity (Wildman–Crippen MR) is 87.9 cm³/mol. The molecule has 3 nitrogen and oxygen atoms in total. The molecule has 4 rings (SSSR count). The zero-order valence-electron chi connectivity index (χ0n) is 12.1. The van der Waals surface area contributed by atoms with Crippen LogP contribution in [0.4, 0.5) is 0 Å². The zero-order chi connectivity index (χ0) is 14.8. The summed E-state index contributed by atoms with van der Waals surface area (Å²) >= 11 is 0. The van der Waals surface area contributed by atoms with Crippen LogP contribution in [0.2, 0.25) is 0 Å². The van der Waals surface area contributed by atoms with E-state index in [1.807, 2.05) is 30.3 Å². The molecule has 2 heterocycles. The average molecular weight is 288 g/mol. The number of hydrogen-bond acceptors (Lipinski definition) is 3. The first-order valence-corrected chi connectivity index (χ1v) is 7.51. The number of para-hydroxylation sites is 1. The molecule has 1 atom stereocenters. The standard InChI is InChI=1S/C19H16N2O/c1-2-6-14(7-3-1)12-16-13-19(21-22-16)18-11-10-15-8-4-5-9-17(15)20-18/h1-11,16H,12-13H2. The van der Waals surface area contributed by atoms with Gasteiger partial charge in [-0.05, 0) is 17.7 Å². The van der Waals surface area contributed by atoms with Gasteiger partial charge in [0.05, 0.1) is 11.2 Å². The van der Waals surface area contributed by atoms with E-state index in [2.05, 4.69) is 46.5 Å². The number of oxime groups is 1. The van der Waals surface area contributed by atoms with Gasteiger partial charge in [0.1, 0.15) is 11.8 Å². The van der Waals surface area contributed by atoms with Crippen molar-refractivity contribution in [1.29, 1.82) is 0 Å². The Hall–Kier alpha value is -2.68. The van der Waals surface area contributed by atoms with Gasteiger partial charge in [-0.15, -0.1) is 0 Å². The van der Waals surface area contributed by atoms with Crippen LogP contribution < -0.4 is 0 Å². The Balaban J connectivity index is 1.51. The molecule has 0 bridgehead atoms.